The maximum absolute atomic E-state index is 14.9. The zero-order valence-electron chi connectivity index (χ0n) is 24.2. The lowest BCUT2D eigenvalue weighted by Gasteiger charge is -2.23. The summed E-state index contributed by atoms with van der Waals surface area (Å²) in [5, 5.41) is 17.8. The molecule has 45 heavy (non-hydrogen) atoms. The van der Waals surface area contributed by atoms with Crippen molar-refractivity contribution in [2.75, 3.05) is 16.0 Å². The monoisotopic (exact) mass is 644 g/mol. The van der Waals surface area contributed by atoms with E-state index in [2.05, 4.69) is 25.1 Å². The quantitative estimate of drug-likeness (QED) is 0.156. The molecule has 4 aromatic rings. The van der Waals surface area contributed by atoms with Crippen molar-refractivity contribution >= 4 is 34.2 Å². The normalized spacial score (nSPS) is 15.2. The van der Waals surface area contributed by atoms with Crippen LogP contribution in [0.25, 0.3) is 5.69 Å². The molecule has 1 atom stereocenters. The van der Waals surface area contributed by atoms with Crippen LogP contribution in [0.4, 0.5) is 28.9 Å². The van der Waals surface area contributed by atoms with E-state index in [4.69, 9.17) is 4.74 Å². The van der Waals surface area contributed by atoms with E-state index in [1.165, 1.54) is 58.0 Å². The van der Waals surface area contributed by atoms with Crippen molar-refractivity contribution in [3.05, 3.63) is 89.5 Å². The van der Waals surface area contributed by atoms with Crippen LogP contribution < -0.4 is 19.7 Å². The smallest absolute Gasteiger partial charge is 0.457 e. The summed E-state index contributed by atoms with van der Waals surface area (Å²) in [5.74, 6) is -0.832. The number of aryl methyl sites for hydroxylation is 1. The third-order valence-electron chi connectivity index (χ3n) is 6.56. The van der Waals surface area contributed by atoms with Crippen LogP contribution in [0, 0.1) is 12.7 Å². The Bertz CT molecular complexity index is 1710. The molecule has 1 unspecified atom stereocenters. The lowest BCUT2D eigenvalue weighted by molar-refractivity contribution is -0.274. The van der Waals surface area contributed by atoms with Crippen molar-refractivity contribution in [1.29, 1.82) is 0 Å². The Labute approximate surface area is 259 Å². The Morgan fingerprint density at radius 3 is 2.56 bits per heavy atom. The van der Waals surface area contributed by atoms with Crippen LogP contribution in [-0.4, -0.2) is 49.4 Å². The van der Waals surface area contributed by atoms with Crippen LogP contribution in [0.1, 0.15) is 36.5 Å². The third kappa shape index (κ3) is 7.91. The third-order valence-corrected chi connectivity index (χ3v) is 7.50. The molecule has 2 heterocycles. The number of aliphatic hydroxyl groups is 1. The Kier molecular flexibility index (Phi) is 9.29. The molecule has 3 aromatic carbocycles. The maximum atomic E-state index is 14.9. The highest BCUT2D eigenvalue weighted by Gasteiger charge is 2.33. The van der Waals surface area contributed by atoms with Gasteiger partial charge < -0.3 is 19.9 Å². The first kappa shape index (κ1) is 31.8. The number of hydrogen-bond donors (Lipinski definition) is 2. The molecule has 0 radical (unpaired) electrons. The summed E-state index contributed by atoms with van der Waals surface area (Å²) in [6.45, 7) is 5.78. The molecule has 0 saturated carbocycles. The standard InChI is InChI=1S/C30H28F4N6O4S/c1-17(2)23-11-4-18(3)12-25(23)40-26(41)15-45-29(40)37-27(42)36-20-6-5-19(24(31)13-20)14-43-28-35-16-39(38-28)21-7-9-22(10-8-21)44-30(32,33)34/h4-13,16-17,27,36,42H,14-15H2,1-3H3/b37-29-. The number of alkyl halides is 3. The van der Waals surface area contributed by atoms with Gasteiger partial charge in [0, 0.05) is 11.3 Å². The highest BCUT2D eigenvalue weighted by Crippen LogP contribution is 2.34. The average molecular weight is 645 g/mol. The molecule has 1 amide bonds. The molecular formula is C30H28F4N6O4S. The molecule has 236 valence electrons. The summed E-state index contributed by atoms with van der Waals surface area (Å²) in [7, 11) is 0. The largest absolute Gasteiger partial charge is 0.573 e. The molecule has 1 saturated heterocycles. The number of thioether (sulfide) groups is 1. The molecule has 1 aromatic heterocycles. The van der Waals surface area contributed by atoms with Crippen LogP contribution in [0.5, 0.6) is 11.8 Å². The van der Waals surface area contributed by atoms with Gasteiger partial charge in [-0.3, -0.25) is 9.69 Å². The van der Waals surface area contributed by atoms with E-state index in [1.807, 2.05) is 39.0 Å². The molecule has 1 aliphatic heterocycles. The summed E-state index contributed by atoms with van der Waals surface area (Å²) in [5.41, 5.74) is 3.49. The number of rotatable bonds is 10. The van der Waals surface area contributed by atoms with E-state index in [9.17, 15) is 27.5 Å². The summed E-state index contributed by atoms with van der Waals surface area (Å²) < 4.78 is 62.6. The number of aromatic nitrogens is 3. The zero-order valence-corrected chi connectivity index (χ0v) is 25.1. The van der Waals surface area contributed by atoms with Crippen LogP contribution in [0.15, 0.2) is 72.0 Å². The van der Waals surface area contributed by atoms with Gasteiger partial charge in [0.1, 0.15) is 24.5 Å². The molecule has 1 fully saturated rings. The number of halogens is 4. The molecule has 1 aliphatic rings. The predicted molar refractivity (Wildman–Crippen MR) is 161 cm³/mol. The number of hydrogen-bond acceptors (Lipinski definition) is 9. The molecular weight excluding hydrogens is 616 g/mol. The summed E-state index contributed by atoms with van der Waals surface area (Å²) in [6.07, 6.45) is -4.97. The van der Waals surface area contributed by atoms with Crippen molar-refractivity contribution in [2.45, 2.75) is 46.0 Å². The van der Waals surface area contributed by atoms with Crippen LogP contribution >= 0.6 is 11.8 Å². The fourth-order valence-electron chi connectivity index (χ4n) is 4.45. The van der Waals surface area contributed by atoms with E-state index < -0.39 is 18.5 Å². The molecule has 0 aliphatic carbocycles. The Hall–Kier alpha value is -4.63. The molecule has 0 spiro atoms. The summed E-state index contributed by atoms with van der Waals surface area (Å²) in [4.78, 5) is 22.6. The van der Waals surface area contributed by atoms with E-state index in [0.717, 1.165) is 23.3 Å². The zero-order chi connectivity index (χ0) is 32.3. The topological polar surface area (TPSA) is 114 Å². The number of carbonyl (C=O) groups excluding carboxylic acids is 1. The Balaban J connectivity index is 1.21. The fourth-order valence-corrected chi connectivity index (χ4v) is 5.34. The first-order chi connectivity index (χ1) is 21.4. The van der Waals surface area contributed by atoms with Crippen molar-refractivity contribution in [3.8, 4) is 17.4 Å². The first-order valence-corrected chi connectivity index (χ1v) is 14.6. The van der Waals surface area contributed by atoms with Gasteiger partial charge in [0.15, 0.2) is 5.17 Å². The molecule has 0 bridgehead atoms. The van der Waals surface area contributed by atoms with E-state index in [0.29, 0.717) is 16.5 Å². The van der Waals surface area contributed by atoms with Crippen molar-refractivity contribution in [3.63, 3.8) is 0 Å². The Morgan fingerprint density at radius 1 is 1.11 bits per heavy atom. The number of benzene rings is 3. The highest BCUT2D eigenvalue weighted by atomic mass is 32.2. The lowest BCUT2D eigenvalue weighted by Crippen LogP contribution is -2.32. The average Bonchev–Trinajstić information content (AvgIpc) is 3.58. The van der Waals surface area contributed by atoms with Gasteiger partial charge in [0.25, 0.3) is 0 Å². The van der Waals surface area contributed by atoms with Gasteiger partial charge in [-0.2, -0.15) is 4.98 Å². The minimum atomic E-state index is -4.80. The second-order valence-electron chi connectivity index (χ2n) is 10.3. The molecule has 15 heteroatoms. The van der Waals surface area contributed by atoms with Gasteiger partial charge in [0.05, 0.1) is 17.1 Å². The number of nitrogens with zero attached hydrogens (tertiary/aromatic N) is 5. The van der Waals surface area contributed by atoms with Gasteiger partial charge in [-0.15, -0.1) is 18.3 Å². The number of amidine groups is 1. The van der Waals surface area contributed by atoms with Gasteiger partial charge >= 0.3 is 12.4 Å². The van der Waals surface area contributed by atoms with Crippen molar-refractivity contribution < 1.29 is 36.9 Å². The second kappa shape index (κ2) is 13.2. The highest BCUT2D eigenvalue weighted by molar-refractivity contribution is 8.15. The number of carbonyl (C=O) groups is 1. The van der Waals surface area contributed by atoms with E-state index in [-0.39, 0.29) is 47.2 Å². The number of aliphatic imine (C=N–C) groups is 1. The number of aliphatic hydroxyl groups excluding tert-OH is 1. The minimum Gasteiger partial charge on any atom is -0.457 e. The number of nitrogens with one attached hydrogen (secondary N) is 1. The minimum absolute atomic E-state index is 0.0825. The van der Waals surface area contributed by atoms with Gasteiger partial charge in [-0.1, -0.05) is 43.8 Å². The molecule has 5 rings (SSSR count). The fraction of sp³-hybridized carbons (Fsp3) is 0.267. The molecule has 2 N–H and O–H groups in total. The number of amides is 1. The maximum Gasteiger partial charge on any atom is 0.573 e. The van der Waals surface area contributed by atoms with Gasteiger partial charge in [-0.05, 0) is 66.4 Å². The van der Waals surface area contributed by atoms with Crippen LogP contribution in [0.2, 0.25) is 0 Å². The van der Waals surface area contributed by atoms with E-state index in [1.54, 1.807) is 0 Å². The summed E-state index contributed by atoms with van der Waals surface area (Å²) in [6, 6.07) is 14.9. The van der Waals surface area contributed by atoms with Crippen molar-refractivity contribution in [2.24, 2.45) is 4.99 Å². The number of ether oxygens (including phenoxy) is 2. The predicted octanol–water partition coefficient (Wildman–Crippen LogP) is 6.14. The number of anilines is 2. The molecule has 10 nitrogen and oxygen atoms in total. The van der Waals surface area contributed by atoms with Crippen LogP contribution in [-0.2, 0) is 11.4 Å². The van der Waals surface area contributed by atoms with Gasteiger partial charge in [-0.25, -0.2) is 14.1 Å². The van der Waals surface area contributed by atoms with Crippen LogP contribution in [0.3, 0.4) is 0 Å². The van der Waals surface area contributed by atoms with Crippen molar-refractivity contribution in [1.82, 2.24) is 14.8 Å². The van der Waals surface area contributed by atoms with Gasteiger partial charge in [0.2, 0.25) is 12.3 Å². The summed E-state index contributed by atoms with van der Waals surface area (Å²) >= 11 is 1.21. The second-order valence-corrected chi connectivity index (χ2v) is 11.2. The Morgan fingerprint density at radius 2 is 1.87 bits per heavy atom. The SMILES string of the molecule is Cc1ccc(C(C)C)c(N2C(=O)CS/C2=N\C(O)Nc2ccc(COc3ncn(-c4ccc(OC(F)(F)F)cc4)n3)c(F)c2)c1. The van der Waals surface area contributed by atoms with E-state index >= 15 is 0 Å². The lowest BCUT2D eigenvalue weighted by atomic mass is 9.99. The first-order valence-electron chi connectivity index (χ1n) is 13.6.